The van der Waals surface area contributed by atoms with Crippen LogP contribution in [0.2, 0.25) is 0 Å². The van der Waals surface area contributed by atoms with Crippen molar-refractivity contribution in [2.45, 2.75) is 6.92 Å². The first-order valence-electron chi connectivity index (χ1n) is 6.11. The predicted molar refractivity (Wildman–Crippen MR) is 74.1 cm³/mol. The molecule has 3 N–H and O–H groups in total. The number of anilines is 3. The Morgan fingerprint density at radius 2 is 1.95 bits per heavy atom. The van der Waals surface area contributed by atoms with Gasteiger partial charge in [-0.05, 0) is 30.7 Å². The Kier molecular flexibility index (Phi) is 2.87. The summed E-state index contributed by atoms with van der Waals surface area (Å²) in [7, 11) is 0. The molecular weight excluding hydrogens is 242 g/mol. The van der Waals surface area contributed by atoms with Gasteiger partial charge in [0, 0.05) is 11.8 Å². The number of rotatable bonds is 2. The summed E-state index contributed by atoms with van der Waals surface area (Å²) in [6.07, 6.45) is 1.63. The van der Waals surface area contributed by atoms with Crippen LogP contribution in [0.1, 0.15) is 5.56 Å². The normalized spacial score (nSPS) is 13.1. The van der Waals surface area contributed by atoms with Gasteiger partial charge in [0.25, 0.3) is 0 Å². The summed E-state index contributed by atoms with van der Waals surface area (Å²) in [6, 6.07) is 7.62. The SMILES string of the molecule is Cc1cc(N)cnc1Nc1ccc2c(c1)OCCO2. The fraction of sp³-hybridized carbons (Fsp3) is 0.214. The Bertz CT molecular complexity index is 614. The van der Waals surface area contributed by atoms with Crippen LogP contribution >= 0.6 is 0 Å². The zero-order valence-corrected chi connectivity index (χ0v) is 10.6. The van der Waals surface area contributed by atoms with E-state index in [0.717, 1.165) is 28.6 Å². The summed E-state index contributed by atoms with van der Waals surface area (Å²) < 4.78 is 11.0. The molecule has 1 aromatic heterocycles. The van der Waals surface area contributed by atoms with E-state index in [1.54, 1.807) is 6.20 Å². The van der Waals surface area contributed by atoms with Gasteiger partial charge in [-0.1, -0.05) is 0 Å². The molecule has 0 spiro atoms. The number of aryl methyl sites for hydroxylation is 1. The van der Waals surface area contributed by atoms with E-state index in [1.807, 2.05) is 31.2 Å². The van der Waals surface area contributed by atoms with Crippen molar-refractivity contribution in [1.82, 2.24) is 4.98 Å². The molecule has 19 heavy (non-hydrogen) atoms. The van der Waals surface area contributed by atoms with Crippen molar-refractivity contribution in [2.75, 3.05) is 24.3 Å². The van der Waals surface area contributed by atoms with Crippen LogP contribution in [-0.4, -0.2) is 18.2 Å². The Morgan fingerprint density at radius 1 is 1.16 bits per heavy atom. The molecule has 2 aromatic rings. The van der Waals surface area contributed by atoms with E-state index in [-0.39, 0.29) is 0 Å². The number of hydrogen-bond acceptors (Lipinski definition) is 5. The van der Waals surface area contributed by atoms with E-state index in [1.165, 1.54) is 0 Å². The van der Waals surface area contributed by atoms with Gasteiger partial charge in [0.05, 0.1) is 11.9 Å². The lowest BCUT2D eigenvalue weighted by atomic mass is 10.2. The Labute approximate surface area is 111 Å². The molecule has 2 heterocycles. The highest BCUT2D eigenvalue weighted by Gasteiger charge is 2.12. The van der Waals surface area contributed by atoms with Gasteiger partial charge in [0.15, 0.2) is 11.5 Å². The fourth-order valence-corrected chi connectivity index (χ4v) is 1.99. The summed E-state index contributed by atoms with van der Waals surface area (Å²) in [5.74, 6) is 2.31. The van der Waals surface area contributed by atoms with Crippen molar-refractivity contribution in [2.24, 2.45) is 0 Å². The molecule has 1 aliphatic rings. The van der Waals surface area contributed by atoms with Crippen molar-refractivity contribution in [1.29, 1.82) is 0 Å². The summed E-state index contributed by atoms with van der Waals surface area (Å²) in [5, 5.41) is 3.25. The highest BCUT2D eigenvalue weighted by Crippen LogP contribution is 2.33. The van der Waals surface area contributed by atoms with Crippen LogP contribution in [0.3, 0.4) is 0 Å². The first kappa shape index (κ1) is 11.6. The third-order valence-corrected chi connectivity index (χ3v) is 2.90. The van der Waals surface area contributed by atoms with E-state index < -0.39 is 0 Å². The second-order valence-corrected chi connectivity index (χ2v) is 4.42. The zero-order valence-electron chi connectivity index (χ0n) is 10.6. The largest absolute Gasteiger partial charge is 0.486 e. The number of aromatic nitrogens is 1. The maximum absolute atomic E-state index is 5.69. The van der Waals surface area contributed by atoms with Gasteiger partial charge in [-0.2, -0.15) is 0 Å². The summed E-state index contributed by atoms with van der Waals surface area (Å²) in [5.41, 5.74) is 8.25. The number of nitrogens with zero attached hydrogens (tertiary/aromatic N) is 1. The van der Waals surface area contributed by atoms with Crippen LogP contribution in [0.5, 0.6) is 11.5 Å². The second kappa shape index (κ2) is 4.68. The molecule has 3 rings (SSSR count). The Hall–Kier alpha value is -2.43. The van der Waals surface area contributed by atoms with Crippen molar-refractivity contribution >= 4 is 17.2 Å². The number of ether oxygens (including phenoxy) is 2. The standard InChI is InChI=1S/C14H15N3O2/c1-9-6-10(15)8-16-14(9)17-11-2-3-12-13(7-11)19-5-4-18-12/h2-3,6-8H,4-5,15H2,1H3,(H,16,17). The van der Waals surface area contributed by atoms with Gasteiger partial charge in [0.2, 0.25) is 0 Å². The quantitative estimate of drug-likeness (QED) is 0.865. The molecular formula is C14H15N3O2. The fourth-order valence-electron chi connectivity index (χ4n) is 1.99. The smallest absolute Gasteiger partial charge is 0.163 e. The van der Waals surface area contributed by atoms with Gasteiger partial charge in [-0.15, -0.1) is 0 Å². The van der Waals surface area contributed by atoms with Gasteiger partial charge >= 0.3 is 0 Å². The number of pyridine rings is 1. The van der Waals surface area contributed by atoms with E-state index >= 15 is 0 Å². The monoisotopic (exact) mass is 257 g/mol. The molecule has 0 bridgehead atoms. The van der Waals surface area contributed by atoms with Gasteiger partial charge in [-0.3, -0.25) is 0 Å². The van der Waals surface area contributed by atoms with Crippen LogP contribution < -0.4 is 20.5 Å². The molecule has 0 radical (unpaired) electrons. The number of nitrogens with two attached hydrogens (primary N) is 1. The molecule has 0 unspecified atom stereocenters. The van der Waals surface area contributed by atoms with Crippen molar-refractivity contribution < 1.29 is 9.47 Å². The minimum absolute atomic E-state index is 0.579. The number of fused-ring (bicyclic) bond motifs is 1. The van der Waals surface area contributed by atoms with Crippen molar-refractivity contribution in [3.63, 3.8) is 0 Å². The van der Waals surface area contributed by atoms with E-state index in [9.17, 15) is 0 Å². The van der Waals surface area contributed by atoms with Crippen LogP contribution in [0, 0.1) is 6.92 Å². The number of nitrogens with one attached hydrogen (secondary N) is 1. The Balaban J connectivity index is 1.87. The molecule has 5 nitrogen and oxygen atoms in total. The molecule has 5 heteroatoms. The Morgan fingerprint density at radius 3 is 2.74 bits per heavy atom. The maximum Gasteiger partial charge on any atom is 0.163 e. The van der Waals surface area contributed by atoms with Gasteiger partial charge in [-0.25, -0.2) is 4.98 Å². The topological polar surface area (TPSA) is 69.4 Å². The molecule has 0 fully saturated rings. The van der Waals surface area contributed by atoms with Crippen LogP contribution in [-0.2, 0) is 0 Å². The molecule has 98 valence electrons. The molecule has 0 aliphatic carbocycles. The van der Waals surface area contributed by atoms with Crippen LogP contribution in [0.25, 0.3) is 0 Å². The minimum atomic E-state index is 0.579. The maximum atomic E-state index is 5.69. The van der Waals surface area contributed by atoms with E-state index in [2.05, 4.69) is 10.3 Å². The highest BCUT2D eigenvalue weighted by atomic mass is 16.6. The predicted octanol–water partition coefficient (Wildman–Crippen LogP) is 2.49. The molecule has 1 aliphatic heterocycles. The van der Waals surface area contributed by atoms with Crippen molar-refractivity contribution in [3.05, 3.63) is 36.0 Å². The van der Waals surface area contributed by atoms with Crippen molar-refractivity contribution in [3.8, 4) is 11.5 Å². The average molecular weight is 257 g/mol. The van der Waals surface area contributed by atoms with E-state index in [0.29, 0.717) is 18.9 Å². The van der Waals surface area contributed by atoms with Crippen LogP contribution in [0.4, 0.5) is 17.2 Å². The average Bonchev–Trinajstić information content (AvgIpc) is 2.42. The van der Waals surface area contributed by atoms with Crippen LogP contribution in [0.15, 0.2) is 30.5 Å². The molecule has 0 amide bonds. The number of hydrogen-bond donors (Lipinski definition) is 2. The zero-order chi connectivity index (χ0) is 13.2. The second-order valence-electron chi connectivity index (χ2n) is 4.42. The van der Waals surface area contributed by atoms with E-state index in [4.69, 9.17) is 15.2 Å². The molecule has 0 saturated heterocycles. The third-order valence-electron chi connectivity index (χ3n) is 2.90. The molecule has 0 saturated carbocycles. The lowest BCUT2D eigenvalue weighted by Crippen LogP contribution is -2.15. The number of benzene rings is 1. The first-order valence-corrected chi connectivity index (χ1v) is 6.11. The summed E-state index contributed by atoms with van der Waals surface area (Å²) in [6.45, 7) is 3.14. The lowest BCUT2D eigenvalue weighted by molar-refractivity contribution is 0.171. The molecule has 0 atom stereocenters. The third kappa shape index (κ3) is 2.40. The highest BCUT2D eigenvalue weighted by molar-refractivity contribution is 5.64. The minimum Gasteiger partial charge on any atom is -0.486 e. The van der Waals surface area contributed by atoms with Gasteiger partial charge < -0.3 is 20.5 Å². The first-order chi connectivity index (χ1) is 9.22. The summed E-state index contributed by atoms with van der Waals surface area (Å²) in [4.78, 5) is 4.28. The number of nitrogen functional groups attached to an aromatic ring is 1. The lowest BCUT2D eigenvalue weighted by Gasteiger charge is -2.19. The molecule has 1 aromatic carbocycles. The summed E-state index contributed by atoms with van der Waals surface area (Å²) >= 11 is 0. The van der Waals surface area contributed by atoms with Gasteiger partial charge in [0.1, 0.15) is 19.0 Å².